The zero-order valence-corrected chi connectivity index (χ0v) is 6.39. The normalized spacial score (nSPS) is 41.7. The van der Waals surface area contributed by atoms with E-state index in [0.29, 0.717) is 0 Å². The van der Waals surface area contributed by atoms with Gasteiger partial charge in [0.05, 0.1) is 12.3 Å². The smallest absolute Gasteiger partial charge is 0.0997 e. The van der Waals surface area contributed by atoms with Crippen LogP contribution in [-0.4, -0.2) is 43.9 Å². The van der Waals surface area contributed by atoms with E-state index < -0.39 is 0 Å². The molecule has 0 aliphatic carbocycles. The second kappa shape index (κ2) is 2.19. The first-order valence-corrected chi connectivity index (χ1v) is 3.84. The zero-order chi connectivity index (χ0) is 7.03. The molecule has 2 saturated heterocycles. The van der Waals surface area contributed by atoms with Gasteiger partial charge in [-0.3, -0.25) is 4.90 Å². The fourth-order valence-corrected chi connectivity index (χ4v) is 1.81. The minimum Gasteiger partial charge on any atom is -0.357 e. The van der Waals surface area contributed by atoms with Crippen molar-refractivity contribution in [2.75, 3.05) is 33.4 Å². The van der Waals surface area contributed by atoms with E-state index in [4.69, 9.17) is 4.74 Å². The van der Waals surface area contributed by atoms with Crippen LogP contribution in [0.1, 0.15) is 6.42 Å². The lowest BCUT2D eigenvalue weighted by Gasteiger charge is -2.19. The molecule has 0 amide bonds. The number of nitrogens with zero attached hydrogens (tertiary/aromatic N) is 1. The van der Waals surface area contributed by atoms with E-state index in [9.17, 15) is 0 Å². The van der Waals surface area contributed by atoms with Gasteiger partial charge in [0, 0.05) is 13.1 Å². The molecular weight excluding hydrogens is 128 g/mol. The number of likely N-dealkylation sites (N-methyl/N-ethyl adjacent to an activating group) is 1. The van der Waals surface area contributed by atoms with Crippen molar-refractivity contribution >= 4 is 0 Å². The third kappa shape index (κ3) is 0.944. The van der Waals surface area contributed by atoms with Crippen molar-refractivity contribution in [3.63, 3.8) is 0 Å². The predicted octanol–water partition coefficient (Wildman–Crippen LogP) is -0.362. The van der Waals surface area contributed by atoms with Crippen molar-refractivity contribution in [1.82, 2.24) is 10.2 Å². The Hall–Kier alpha value is -0.120. The predicted molar refractivity (Wildman–Crippen MR) is 38.8 cm³/mol. The van der Waals surface area contributed by atoms with Crippen LogP contribution in [0.15, 0.2) is 0 Å². The summed E-state index contributed by atoms with van der Waals surface area (Å²) >= 11 is 0. The molecule has 1 N–H and O–H groups in total. The fraction of sp³-hybridized carbons (Fsp3) is 1.00. The average molecular weight is 142 g/mol. The maximum atomic E-state index is 5.68. The summed E-state index contributed by atoms with van der Waals surface area (Å²) < 4.78 is 5.68. The van der Waals surface area contributed by atoms with Gasteiger partial charge in [-0.05, 0) is 20.0 Å². The average Bonchev–Trinajstić information content (AvgIpc) is 2.46. The molecule has 0 bridgehead atoms. The van der Waals surface area contributed by atoms with E-state index in [1.54, 1.807) is 0 Å². The lowest BCUT2D eigenvalue weighted by atomic mass is 10.0. The molecule has 2 aliphatic heterocycles. The summed E-state index contributed by atoms with van der Waals surface area (Å²) in [6.45, 7) is 4.06. The summed E-state index contributed by atoms with van der Waals surface area (Å²) in [5.41, 5.74) is 0.175. The summed E-state index contributed by atoms with van der Waals surface area (Å²) in [6, 6.07) is 0. The fourth-order valence-electron chi connectivity index (χ4n) is 1.81. The van der Waals surface area contributed by atoms with Gasteiger partial charge in [0.2, 0.25) is 0 Å². The highest BCUT2D eigenvalue weighted by Gasteiger charge is 2.40. The van der Waals surface area contributed by atoms with Gasteiger partial charge in [-0.25, -0.2) is 0 Å². The van der Waals surface area contributed by atoms with Crippen molar-refractivity contribution in [2.45, 2.75) is 12.0 Å². The molecule has 0 aromatic carbocycles. The van der Waals surface area contributed by atoms with Gasteiger partial charge < -0.3 is 10.1 Å². The molecule has 2 aliphatic rings. The summed E-state index contributed by atoms with van der Waals surface area (Å²) in [4.78, 5) is 2.23. The van der Waals surface area contributed by atoms with E-state index >= 15 is 0 Å². The van der Waals surface area contributed by atoms with Crippen molar-refractivity contribution in [3.05, 3.63) is 0 Å². The molecule has 3 nitrogen and oxygen atoms in total. The Bertz CT molecular complexity index is 132. The first-order chi connectivity index (χ1) is 4.81. The number of hydrogen-bond acceptors (Lipinski definition) is 3. The number of nitrogens with one attached hydrogen (secondary N) is 1. The van der Waals surface area contributed by atoms with Crippen molar-refractivity contribution in [2.24, 2.45) is 0 Å². The molecule has 58 valence electrons. The molecule has 1 spiro atoms. The van der Waals surface area contributed by atoms with Gasteiger partial charge in [0.15, 0.2) is 0 Å². The molecule has 2 fully saturated rings. The van der Waals surface area contributed by atoms with Crippen LogP contribution in [0.3, 0.4) is 0 Å². The molecule has 1 unspecified atom stereocenters. The van der Waals surface area contributed by atoms with Crippen LogP contribution in [0.25, 0.3) is 0 Å². The molecule has 0 aromatic rings. The minimum absolute atomic E-state index is 0.175. The van der Waals surface area contributed by atoms with E-state index in [1.165, 1.54) is 6.42 Å². The van der Waals surface area contributed by atoms with Crippen molar-refractivity contribution in [1.29, 1.82) is 0 Å². The third-order valence-corrected chi connectivity index (χ3v) is 2.35. The van der Waals surface area contributed by atoms with Crippen LogP contribution < -0.4 is 5.32 Å². The first-order valence-electron chi connectivity index (χ1n) is 3.84. The van der Waals surface area contributed by atoms with Crippen molar-refractivity contribution in [3.8, 4) is 0 Å². The lowest BCUT2D eigenvalue weighted by molar-refractivity contribution is 0.0215. The Labute approximate surface area is 61.3 Å². The highest BCUT2D eigenvalue weighted by molar-refractivity contribution is 4.94. The van der Waals surface area contributed by atoms with Crippen LogP contribution in [0.4, 0.5) is 0 Å². The maximum absolute atomic E-state index is 5.68. The topological polar surface area (TPSA) is 24.5 Å². The van der Waals surface area contributed by atoms with Gasteiger partial charge in [-0.1, -0.05) is 0 Å². The summed E-state index contributed by atoms with van der Waals surface area (Å²) in [7, 11) is 2.10. The van der Waals surface area contributed by atoms with Gasteiger partial charge in [0.25, 0.3) is 0 Å². The number of ether oxygens (including phenoxy) is 1. The molecular formula is C7H14N2O. The minimum atomic E-state index is 0.175. The summed E-state index contributed by atoms with van der Waals surface area (Å²) in [5.74, 6) is 0. The Morgan fingerprint density at radius 2 is 2.50 bits per heavy atom. The maximum Gasteiger partial charge on any atom is 0.0997 e. The van der Waals surface area contributed by atoms with Crippen LogP contribution >= 0.6 is 0 Å². The molecule has 2 rings (SSSR count). The largest absolute Gasteiger partial charge is 0.357 e. The molecule has 2 heterocycles. The summed E-state index contributed by atoms with van der Waals surface area (Å²) in [6.07, 6.45) is 1.18. The second-order valence-electron chi connectivity index (χ2n) is 3.40. The Morgan fingerprint density at radius 1 is 1.60 bits per heavy atom. The van der Waals surface area contributed by atoms with Crippen molar-refractivity contribution < 1.29 is 4.74 Å². The molecule has 1 atom stereocenters. The SMILES string of the molecule is CN1COC2(CCNC2)C1. The molecule has 0 saturated carbocycles. The molecule has 0 radical (unpaired) electrons. The van der Waals surface area contributed by atoms with Crippen LogP contribution in [-0.2, 0) is 4.74 Å². The Morgan fingerprint density at radius 3 is 3.00 bits per heavy atom. The molecule has 3 heteroatoms. The Kier molecular flexibility index (Phi) is 1.44. The quantitative estimate of drug-likeness (QED) is 0.500. The van der Waals surface area contributed by atoms with E-state index in [1.807, 2.05) is 0 Å². The van der Waals surface area contributed by atoms with E-state index in [-0.39, 0.29) is 5.60 Å². The highest BCUT2D eigenvalue weighted by Crippen LogP contribution is 2.25. The second-order valence-corrected chi connectivity index (χ2v) is 3.40. The number of rotatable bonds is 0. The van der Waals surface area contributed by atoms with Gasteiger partial charge in [-0.15, -0.1) is 0 Å². The van der Waals surface area contributed by atoms with Gasteiger partial charge >= 0.3 is 0 Å². The Balaban J connectivity index is 2.03. The van der Waals surface area contributed by atoms with Gasteiger partial charge in [-0.2, -0.15) is 0 Å². The highest BCUT2D eigenvalue weighted by atomic mass is 16.5. The van der Waals surface area contributed by atoms with Crippen LogP contribution in [0, 0.1) is 0 Å². The molecule has 0 aromatic heterocycles. The van der Waals surface area contributed by atoms with Gasteiger partial charge in [0.1, 0.15) is 0 Å². The lowest BCUT2D eigenvalue weighted by Crippen LogP contribution is -2.35. The van der Waals surface area contributed by atoms with Crippen LogP contribution in [0.5, 0.6) is 0 Å². The van der Waals surface area contributed by atoms with E-state index in [0.717, 1.165) is 26.4 Å². The summed E-state index contributed by atoms with van der Waals surface area (Å²) in [5, 5.41) is 3.32. The third-order valence-electron chi connectivity index (χ3n) is 2.35. The zero-order valence-electron chi connectivity index (χ0n) is 6.39. The number of hydrogen-bond donors (Lipinski definition) is 1. The van der Waals surface area contributed by atoms with Crippen LogP contribution in [0.2, 0.25) is 0 Å². The first kappa shape index (κ1) is 6.58. The monoisotopic (exact) mass is 142 g/mol. The van der Waals surface area contributed by atoms with E-state index in [2.05, 4.69) is 17.3 Å². The molecule has 10 heavy (non-hydrogen) atoms. The standard InChI is InChI=1S/C7H14N2O/c1-9-5-7(10-6-9)2-3-8-4-7/h8H,2-6H2,1H3.